The number of Topliss-reactive ketones (excluding diaryl/α,β-unsaturated/α-hetero) is 1. The SMILES string of the molecule is CCC(=O)O[C@@]1(C(=O)CO)[C@H](C)C[C@H]2[C@H]3[C@H]([C@@H](O)C[C@@]21C)[C@@]1(C)C=CC(=O)C=C1C[C@H]3Br. The number of aliphatic hydroxyl groups excluding tert-OH is 2. The highest BCUT2D eigenvalue weighted by Crippen LogP contribution is 2.69. The quantitative estimate of drug-likeness (QED) is 0.446. The minimum absolute atomic E-state index is 0.000154. The summed E-state index contributed by atoms with van der Waals surface area (Å²) in [4.78, 5) is 37.8. The summed E-state index contributed by atoms with van der Waals surface area (Å²) in [6.07, 6.45) is 6.23. The molecule has 2 N–H and O–H groups in total. The van der Waals surface area contributed by atoms with Crippen LogP contribution in [-0.4, -0.2) is 50.9 Å². The van der Waals surface area contributed by atoms with E-state index in [1.165, 1.54) is 0 Å². The van der Waals surface area contributed by atoms with Crippen molar-refractivity contribution in [2.24, 2.45) is 34.5 Å². The van der Waals surface area contributed by atoms with E-state index in [-0.39, 0.29) is 47.1 Å². The Morgan fingerprint density at radius 2 is 2.00 bits per heavy atom. The molecule has 0 aliphatic heterocycles. The van der Waals surface area contributed by atoms with Gasteiger partial charge in [0.2, 0.25) is 5.78 Å². The Morgan fingerprint density at radius 1 is 1.31 bits per heavy atom. The van der Waals surface area contributed by atoms with Gasteiger partial charge in [0.25, 0.3) is 0 Å². The summed E-state index contributed by atoms with van der Waals surface area (Å²) in [6, 6.07) is 0. The monoisotopic (exact) mass is 508 g/mol. The van der Waals surface area contributed by atoms with Crippen molar-refractivity contribution >= 4 is 33.5 Å². The summed E-state index contributed by atoms with van der Waals surface area (Å²) in [7, 11) is 0. The third-order valence-electron chi connectivity index (χ3n) is 9.14. The maximum Gasteiger partial charge on any atom is 0.306 e. The zero-order chi connectivity index (χ0) is 23.6. The van der Waals surface area contributed by atoms with Gasteiger partial charge in [-0.3, -0.25) is 14.4 Å². The van der Waals surface area contributed by atoms with Crippen molar-refractivity contribution in [2.45, 2.75) is 69.9 Å². The molecule has 0 saturated heterocycles. The highest BCUT2D eigenvalue weighted by Gasteiger charge is 2.73. The first-order chi connectivity index (χ1) is 15.0. The smallest absolute Gasteiger partial charge is 0.306 e. The molecule has 0 heterocycles. The second-order valence-corrected chi connectivity index (χ2v) is 11.8. The maximum absolute atomic E-state index is 13.3. The second-order valence-electron chi connectivity index (χ2n) is 10.6. The lowest BCUT2D eigenvalue weighted by Crippen LogP contribution is -2.65. The summed E-state index contributed by atoms with van der Waals surface area (Å²) in [6.45, 7) is 6.93. The Bertz CT molecular complexity index is 910. The molecule has 3 saturated carbocycles. The van der Waals surface area contributed by atoms with Crippen LogP contribution in [0.1, 0.15) is 53.4 Å². The number of aliphatic hydroxyl groups is 2. The third kappa shape index (κ3) is 3.00. The molecular formula is C25H33BrO6. The molecule has 3 fully saturated rings. The van der Waals surface area contributed by atoms with Crippen LogP contribution in [0.3, 0.4) is 0 Å². The number of fused-ring (bicyclic) bond motifs is 5. The van der Waals surface area contributed by atoms with Crippen molar-refractivity contribution in [2.75, 3.05) is 6.61 Å². The molecule has 0 amide bonds. The van der Waals surface area contributed by atoms with Crippen LogP contribution in [0.4, 0.5) is 0 Å². The Labute approximate surface area is 197 Å². The van der Waals surface area contributed by atoms with Crippen molar-refractivity contribution in [1.29, 1.82) is 0 Å². The molecule has 176 valence electrons. The number of hydrogen-bond donors (Lipinski definition) is 2. The van der Waals surface area contributed by atoms with Crippen LogP contribution in [-0.2, 0) is 19.1 Å². The molecule has 0 unspecified atom stereocenters. The first-order valence-electron chi connectivity index (χ1n) is 11.6. The van der Waals surface area contributed by atoms with Crippen LogP contribution < -0.4 is 0 Å². The summed E-state index contributed by atoms with van der Waals surface area (Å²) >= 11 is 3.87. The van der Waals surface area contributed by atoms with Gasteiger partial charge in [0.15, 0.2) is 11.4 Å². The van der Waals surface area contributed by atoms with E-state index in [0.717, 1.165) is 5.57 Å². The maximum atomic E-state index is 13.3. The number of carbonyl (C=O) groups is 3. The van der Waals surface area contributed by atoms with Gasteiger partial charge < -0.3 is 14.9 Å². The first-order valence-corrected chi connectivity index (χ1v) is 12.5. The number of carbonyl (C=O) groups excluding carboxylic acids is 3. The lowest BCUT2D eigenvalue weighted by molar-refractivity contribution is -0.204. The summed E-state index contributed by atoms with van der Waals surface area (Å²) in [5.41, 5.74) is -1.70. The summed E-state index contributed by atoms with van der Waals surface area (Å²) in [5.74, 6) is -1.39. The van der Waals surface area contributed by atoms with Crippen molar-refractivity contribution in [1.82, 2.24) is 0 Å². The Kier molecular flexibility index (Phi) is 5.87. The van der Waals surface area contributed by atoms with E-state index >= 15 is 0 Å². The van der Waals surface area contributed by atoms with Gasteiger partial charge in [0, 0.05) is 33.9 Å². The zero-order valence-corrected chi connectivity index (χ0v) is 20.7. The van der Waals surface area contributed by atoms with E-state index in [0.29, 0.717) is 12.8 Å². The average molecular weight is 509 g/mol. The van der Waals surface area contributed by atoms with Gasteiger partial charge in [-0.05, 0) is 43.3 Å². The number of halogens is 1. The molecule has 6 nitrogen and oxygen atoms in total. The highest BCUT2D eigenvalue weighted by molar-refractivity contribution is 9.09. The summed E-state index contributed by atoms with van der Waals surface area (Å²) < 4.78 is 5.95. The van der Waals surface area contributed by atoms with Crippen molar-refractivity contribution in [3.8, 4) is 0 Å². The molecule has 4 aliphatic carbocycles. The number of ketones is 2. The molecule has 7 heteroatoms. The van der Waals surface area contributed by atoms with E-state index in [1.807, 2.05) is 19.9 Å². The van der Waals surface area contributed by atoms with Gasteiger partial charge >= 0.3 is 5.97 Å². The number of ether oxygens (including phenoxy) is 1. The molecule has 4 aliphatic rings. The lowest BCUT2D eigenvalue weighted by Gasteiger charge is -2.61. The van der Waals surface area contributed by atoms with Gasteiger partial charge in [-0.2, -0.15) is 0 Å². The highest BCUT2D eigenvalue weighted by atomic mass is 79.9. The van der Waals surface area contributed by atoms with Crippen LogP contribution in [0.5, 0.6) is 0 Å². The molecule has 0 aromatic heterocycles. The second kappa shape index (κ2) is 7.88. The Morgan fingerprint density at radius 3 is 2.62 bits per heavy atom. The fourth-order valence-corrected chi connectivity index (χ4v) is 8.85. The van der Waals surface area contributed by atoms with E-state index in [9.17, 15) is 24.6 Å². The lowest BCUT2D eigenvalue weighted by atomic mass is 9.46. The largest absolute Gasteiger partial charge is 0.450 e. The topological polar surface area (TPSA) is 101 Å². The van der Waals surface area contributed by atoms with Gasteiger partial charge in [0.1, 0.15) is 6.61 Å². The third-order valence-corrected chi connectivity index (χ3v) is 10.1. The average Bonchev–Trinajstić information content (AvgIpc) is 2.95. The van der Waals surface area contributed by atoms with Crippen LogP contribution in [0.2, 0.25) is 0 Å². The number of rotatable bonds is 4. The van der Waals surface area contributed by atoms with Gasteiger partial charge in [-0.15, -0.1) is 0 Å². The minimum Gasteiger partial charge on any atom is -0.450 e. The molecule has 0 radical (unpaired) electrons. The van der Waals surface area contributed by atoms with Crippen LogP contribution in [0.25, 0.3) is 0 Å². The first kappa shape index (κ1) is 23.8. The van der Waals surface area contributed by atoms with Crippen molar-refractivity contribution in [3.05, 3.63) is 23.8 Å². The minimum atomic E-state index is -1.46. The van der Waals surface area contributed by atoms with E-state index < -0.39 is 40.9 Å². The van der Waals surface area contributed by atoms with Crippen molar-refractivity contribution < 1.29 is 29.3 Å². The Hall–Kier alpha value is -1.31. The molecule has 0 spiro atoms. The van der Waals surface area contributed by atoms with Gasteiger partial charge in [0.05, 0.1) is 6.10 Å². The van der Waals surface area contributed by atoms with E-state index in [4.69, 9.17) is 4.74 Å². The van der Waals surface area contributed by atoms with Crippen LogP contribution in [0, 0.1) is 34.5 Å². The van der Waals surface area contributed by atoms with E-state index in [2.05, 4.69) is 22.9 Å². The number of alkyl halides is 1. The number of esters is 1. The van der Waals surface area contributed by atoms with E-state index in [1.54, 1.807) is 19.1 Å². The molecule has 4 rings (SSSR count). The zero-order valence-electron chi connectivity index (χ0n) is 19.1. The number of hydrogen-bond acceptors (Lipinski definition) is 6. The van der Waals surface area contributed by atoms with Crippen LogP contribution >= 0.6 is 15.9 Å². The molecule has 0 bridgehead atoms. The van der Waals surface area contributed by atoms with Crippen LogP contribution in [0.15, 0.2) is 23.8 Å². The standard InChI is InChI=1S/C25H33BrO6/c1-5-20(31)32-25(19(30)12-27)13(2)8-16-21-17(26)10-14-9-15(28)6-7-23(14,3)22(21)18(29)11-24(16,25)4/h6-7,9,13,16-18,21-22,27,29H,5,8,10-12H2,1-4H3/t13-,16+,17-,18+,21-,22+,23+,24+,25-/m1/s1. The fraction of sp³-hybridized carbons (Fsp3) is 0.720. The number of allylic oxidation sites excluding steroid dienone is 4. The predicted octanol–water partition coefficient (Wildman–Crippen LogP) is 3.14. The molecule has 32 heavy (non-hydrogen) atoms. The molecule has 0 aromatic carbocycles. The molecule has 9 atom stereocenters. The van der Waals surface area contributed by atoms with Gasteiger partial charge in [-0.1, -0.05) is 55.3 Å². The Balaban J connectivity index is 1.84. The predicted molar refractivity (Wildman–Crippen MR) is 122 cm³/mol. The molecule has 0 aromatic rings. The fourth-order valence-electron chi connectivity index (χ4n) is 7.80. The van der Waals surface area contributed by atoms with Crippen molar-refractivity contribution in [3.63, 3.8) is 0 Å². The molecular weight excluding hydrogens is 476 g/mol. The summed E-state index contributed by atoms with van der Waals surface area (Å²) in [5, 5.41) is 21.5. The van der Waals surface area contributed by atoms with Gasteiger partial charge in [-0.25, -0.2) is 0 Å². The normalized spacial score (nSPS) is 47.2.